The summed E-state index contributed by atoms with van der Waals surface area (Å²) in [5, 5.41) is 5.38. The van der Waals surface area contributed by atoms with Crippen molar-refractivity contribution in [2.75, 3.05) is 5.32 Å². The Labute approximate surface area is 138 Å². The molecule has 0 aliphatic carbocycles. The Morgan fingerprint density at radius 3 is 2.96 bits per heavy atom. The molecule has 1 aromatic carbocycles. The van der Waals surface area contributed by atoms with Crippen LogP contribution in [0.2, 0.25) is 0 Å². The minimum Gasteiger partial charge on any atom is -0.444 e. The molecule has 2 N–H and O–H groups in total. The Bertz CT molecular complexity index is 800. The number of amides is 2. The Balaban J connectivity index is 1.64. The zero-order valence-electron chi connectivity index (χ0n) is 13.5. The largest absolute Gasteiger partial charge is 0.444 e. The highest BCUT2D eigenvalue weighted by molar-refractivity contribution is 6.04. The quantitative estimate of drug-likeness (QED) is 0.881. The summed E-state index contributed by atoms with van der Waals surface area (Å²) in [5.74, 6) is -0.493. The molecule has 1 aromatic heterocycles. The van der Waals surface area contributed by atoms with Gasteiger partial charge in [0.15, 0.2) is 5.89 Å². The van der Waals surface area contributed by atoms with E-state index in [2.05, 4.69) is 15.6 Å². The van der Waals surface area contributed by atoms with Crippen LogP contribution in [0, 0.1) is 12.7 Å². The van der Waals surface area contributed by atoms with Crippen LogP contribution in [0.5, 0.6) is 0 Å². The molecule has 2 heterocycles. The molecule has 6 nitrogen and oxygen atoms in total. The van der Waals surface area contributed by atoms with E-state index in [1.54, 1.807) is 0 Å². The average molecular weight is 331 g/mol. The van der Waals surface area contributed by atoms with Crippen molar-refractivity contribution in [3.63, 3.8) is 0 Å². The maximum Gasteiger partial charge on any atom is 0.232 e. The van der Waals surface area contributed by atoms with E-state index in [1.165, 1.54) is 18.2 Å². The molecule has 1 unspecified atom stereocenters. The molecule has 126 valence electrons. The van der Waals surface area contributed by atoms with Gasteiger partial charge in [0.1, 0.15) is 11.6 Å². The zero-order valence-corrected chi connectivity index (χ0v) is 13.5. The van der Waals surface area contributed by atoms with Gasteiger partial charge in [-0.3, -0.25) is 9.59 Å². The average Bonchev–Trinajstić information content (AvgIpc) is 3.06. The van der Waals surface area contributed by atoms with Crippen molar-refractivity contribution in [1.29, 1.82) is 0 Å². The summed E-state index contributed by atoms with van der Waals surface area (Å²) in [7, 11) is 0. The number of hydrogen-bond donors (Lipinski definition) is 2. The van der Waals surface area contributed by atoms with E-state index in [0.717, 1.165) is 5.69 Å². The zero-order chi connectivity index (χ0) is 17.3. The number of aromatic nitrogens is 1. The Hall–Kier alpha value is -2.70. The number of fused-ring (bicyclic) bond motifs is 1. The van der Waals surface area contributed by atoms with Crippen molar-refractivity contribution in [1.82, 2.24) is 10.3 Å². The van der Waals surface area contributed by atoms with Gasteiger partial charge in [0.25, 0.3) is 0 Å². The number of nitrogens with zero attached hydrogens (tertiary/aromatic N) is 1. The minimum atomic E-state index is -0.683. The van der Waals surface area contributed by atoms with Gasteiger partial charge in [-0.25, -0.2) is 9.37 Å². The second-order valence-electron chi connectivity index (χ2n) is 5.72. The van der Waals surface area contributed by atoms with E-state index in [-0.39, 0.29) is 24.8 Å². The molecule has 3 rings (SSSR count). The van der Waals surface area contributed by atoms with Gasteiger partial charge in [-0.2, -0.15) is 0 Å². The maximum absolute atomic E-state index is 13.4. The molecular formula is C17H18FN3O3. The molecule has 0 fully saturated rings. The van der Waals surface area contributed by atoms with Crippen molar-refractivity contribution in [2.45, 2.75) is 39.2 Å². The second kappa shape index (κ2) is 6.43. The lowest BCUT2D eigenvalue weighted by atomic mass is 9.97. The summed E-state index contributed by atoms with van der Waals surface area (Å²) in [6.45, 7) is 3.96. The van der Waals surface area contributed by atoms with E-state index >= 15 is 0 Å². The topological polar surface area (TPSA) is 84.2 Å². The van der Waals surface area contributed by atoms with Gasteiger partial charge < -0.3 is 15.1 Å². The number of aryl methyl sites for hydroxylation is 2. The van der Waals surface area contributed by atoms with E-state index in [4.69, 9.17) is 4.42 Å². The van der Waals surface area contributed by atoms with Gasteiger partial charge in [-0.15, -0.1) is 0 Å². The number of nitrogens with one attached hydrogen (secondary N) is 2. The molecule has 1 atom stereocenters. The smallest absolute Gasteiger partial charge is 0.232 e. The van der Waals surface area contributed by atoms with Gasteiger partial charge in [0.05, 0.1) is 18.2 Å². The fourth-order valence-electron chi connectivity index (χ4n) is 2.74. The van der Waals surface area contributed by atoms with Crippen LogP contribution in [0.3, 0.4) is 0 Å². The summed E-state index contributed by atoms with van der Waals surface area (Å²) in [6, 6.07) is 4.07. The standard InChI is InChI=1S/C17H18FN3O3/c1-3-16-20-9(2)14(24-16)8-19-15(22)7-12-11-6-10(18)4-5-13(11)21-17(12)23/h4-6,12H,3,7-8H2,1-2H3,(H,19,22)(H,21,23). The van der Waals surface area contributed by atoms with E-state index in [1.807, 2.05) is 13.8 Å². The van der Waals surface area contributed by atoms with Crippen molar-refractivity contribution in [2.24, 2.45) is 0 Å². The van der Waals surface area contributed by atoms with E-state index in [9.17, 15) is 14.0 Å². The number of carbonyl (C=O) groups is 2. The molecule has 2 amide bonds. The normalized spacial score (nSPS) is 16.0. The maximum atomic E-state index is 13.4. The van der Waals surface area contributed by atoms with Crippen LogP contribution in [0.1, 0.15) is 42.2 Å². The van der Waals surface area contributed by atoms with Gasteiger partial charge in [0, 0.05) is 18.5 Å². The van der Waals surface area contributed by atoms with Crippen LogP contribution in [0.4, 0.5) is 10.1 Å². The first kappa shape index (κ1) is 16.2. The van der Waals surface area contributed by atoms with Crippen LogP contribution < -0.4 is 10.6 Å². The molecule has 1 aliphatic heterocycles. The Kier molecular flexibility index (Phi) is 4.33. The van der Waals surface area contributed by atoms with Crippen molar-refractivity contribution in [3.8, 4) is 0 Å². The molecular weight excluding hydrogens is 313 g/mol. The van der Waals surface area contributed by atoms with Crippen LogP contribution >= 0.6 is 0 Å². The first-order chi connectivity index (χ1) is 11.5. The monoisotopic (exact) mass is 331 g/mol. The predicted octanol–water partition coefficient (Wildman–Crippen LogP) is 2.43. The molecule has 24 heavy (non-hydrogen) atoms. The highest BCUT2D eigenvalue weighted by atomic mass is 19.1. The number of oxazole rings is 1. The number of hydrogen-bond acceptors (Lipinski definition) is 4. The second-order valence-corrected chi connectivity index (χ2v) is 5.72. The van der Waals surface area contributed by atoms with Crippen LogP contribution in [-0.4, -0.2) is 16.8 Å². The summed E-state index contributed by atoms with van der Waals surface area (Å²) in [6.07, 6.45) is 0.634. The summed E-state index contributed by atoms with van der Waals surface area (Å²) < 4.78 is 18.9. The third-order valence-electron chi connectivity index (χ3n) is 4.04. The Morgan fingerprint density at radius 1 is 1.46 bits per heavy atom. The lowest BCUT2D eigenvalue weighted by Crippen LogP contribution is -2.26. The summed E-state index contributed by atoms with van der Waals surface area (Å²) in [4.78, 5) is 28.4. The van der Waals surface area contributed by atoms with Crippen molar-refractivity contribution >= 4 is 17.5 Å². The molecule has 0 spiro atoms. The SMILES string of the molecule is CCc1nc(C)c(CNC(=O)CC2C(=O)Nc3ccc(F)cc32)o1. The van der Waals surface area contributed by atoms with Crippen molar-refractivity contribution < 1.29 is 18.4 Å². The lowest BCUT2D eigenvalue weighted by Gasteiger charge is -2.09. The third-order valence-corrected chi connectivity index (χ3v) is 4.04. The molecule has 7 heteroatoms. The predicted molar refractivity (Wildman–Crippen MR) is 84.9 cm³/mol. The number of benzene rings is 1. The lowest BCUT2D eigenvalue weighted by molar-refractivity contribution is -0.125. The first-order valence-corrected chi connectivity index (χ1v) is 7.80. The summed E-state index contributed by atoms with van der Waals surface area (Å²) >= 11 is 0. The fourth-order valence-corrected chi connectivity index (χ4v) is 2.74. The summed E-state index contributed by atoms with van der Waals surface area (Å²) in [5.41, 5.74) is 1.80. The number of halogens is 1. The van der Waals surface area contributed by atoms with Crippen LogP contribution in [-0.2, 0) is 22.6 Å². The highest BCUT2D eigenvalue weighted by Crippen LogP contribution is 2.35. The highest BCUT2D eigenvalue weighted by Gasteiger charge is 2.32. The molecule has 1 aliphatic rings. The van der Waals surface area contributed by atoms with Gasteiger partial charge >= 0.3 is 0 Å². The van der Waals surface area contributed by atoms with Gasteiger partial charge in [0.2, 0.25) is 11.8 Å². The van der Waals surface area contributed by atoms with Gasteiger partial charge in [-0.1, -0.05) is 6.92 Å². The third kappa shape index (κ3) is 3.15. The molecule has 0 bridgehead atoms. The van der Waals surface area contributed by atoms with E-state index in [0.29, 0.717) is 29.3 Å². The van der Waals surface area contributed by atoms with Crippen LogP contribution in [0.15, 0.2) is 22.6 Å². The van der Waals surface area contributed by atoms with Gasteiger partial charge in [-0.05, 0) is 30.7 Å². The first-order valence-electron chi connectivity index (χ1n) is 7.80. The minimum absolute atomic E-state index is 0.0455. The molecule has 0 saturated carbocycles. The fraction of sp³-hybridized carbons (Fsp3) is 0.353. The number of anilines is 1. The molecule has 2 aromatic rings. The van der Waals surface area contributed by atoms with Crippen LogP contribution in [0.25, 0.3) is 0 Å². The number of carbonyl (C=O) groups excluding carboxylic acids is 2. The number of rotatable bonds is 5. The van der Waals surface area contributed by atoms with E-state index < -0.39 is 11.7 Å². The Morgan fingerprint density at radius 2 is 2.25 bits per heavy atom. The molecule has 0 saturated heterocycles. The van der Waals surface area contributed by atoms with Crippen molar-refractivity contribution in [3.05, 3.63) is 46.9 Å². The molecule has 0 radical (unpaired) electrons.